The molecule has 0 unspecified atom stereocenters. The van der Waals surface area contributed by atoms with Crippen molar-refractivity contribution >= 4 is 17.8 Å². The molecule has 8 heteroatoms. The first-order valence-electron chi connectivity index (χ1n) is 9.64. The van der Waals surface area contributed by atoms with Crippen LogP contribution in [0.2, 0.25) is 0 Å². The lowest BCUT2D eigenvalue weighted by Crippen LogP contribution is -2.57. The highest BCUT2D eigenvalue weighted by Crippen LogP contribution is 2.37. The van der Waals surface area contributed by atoms with Gasteiger partial charge in [-0.25, -0.2) is 4.79 Å². The van der Waals surface area contributed by atoms with Crippen LogP contribution in [-0.4, -0.2) is 74.0 Å². The van der Waals surface area contributed by atoms with E-state index in [1.807, 2.05) is 26.8 Å². The SMILES string of the molecule is CC(=O)N1CCC2(CC1)C(=O)N(CCn1nccc1C)C(=O)N2CC(C)C. The van der Waals surface area contributed by atoms with Crippen LogP contribution < -0.4 is 0 Å². The van der Waals surface area contributed by atoms with E-state index in [2.05, 4.69) is 5.10 Å². The molecule has 0 aromatic carbocycles. The Morgan fingerprint density at radius 1 is 1.22 bits per heavy atom. The molecule has 0 N–H and O–H groups in total. The Morgan fingerprint density at radius 3 is 2.41 bits per heavy atom. The third-order valence-electron chi connectivity index (χ3n) is 5.67. The van der Waals surface area contributed by atoms with Crippen LogP contribution in [-0.2, 0) is 16.1 Å². The van der Waals surface area contributed by atoms with E-state index in [4.69, 9.17) is 0 Å². The second-order valence-electron chi connectivity index (χ2n) is 7.98. The van der Waals surface area contributed by atoms with E-state index in [0.717, 1.165) is 5.69 Å². The van der Waals surface area contributed by atoms with E-state index in [1.165, 1.54) is 4.90 Å². The number of carbonyl (C=O) groups is 3. The zero-order valence-corrected chi connectivity index (χ0v) is 16.6. The molecule has 2 aliphatic rings. The van der Waals surface area contributed by atoms with Crippen molar-refractivity contribution in [1.82, 2.24) is 24.5 Å². The second kappa shape index (κ2) is 7.32. The first-order chi connectivity index (χ1) is 12.8. The van der Waals surface area contributed by atoms with Crippen LogP contribution in [0.5, 0.6) is 0 Å². The number of aromatic nitrogens is 2. The van der Waals surface area contributed by atoms with Crippen molar-refractivity contribution in [1.29, 1.82) is 0 Å². The van der Waals surface area contributed by atoms with Crippen molar-refractivity contribution in [2.45, 2.75) is 52.6 Å². The highest BCUT2D eigenvalue weighted by Gasteiger charge is 2.57. The molecule has 0 radical (unpaired) electrons. The minimum atomic E-state index is -0.813. The Kier molecular flexibility index (Phi) is 5.26. The van der Waals surface area contributed by atoms with Crippen LogP contribution in [0.25, 0.3) is 0 Å². The Morgan fingerprint density at radius 2 is 1.89 bits per heavy atom. The van der Waals surface area contributed by atoms with E-state index in [9.17, 15) is 14.4 Å². The molecular weight excluding hydrogens is 346 g/mol. The average molecular weight is 375 g/mol. The molecule has 2 fully saturated rings. The molecule has 0 saturated carbocycles. The number of imide groups is 1. The third-order valence-corrected chi connectivity index (χ3v) is 5.67. The van der Waals surface area contributed by atoms with Crippen LogP contribution in [0.3, 0.4) is 0 Å². The zero-order chi connectivity index (χ0) is 19.8. The van der Waals surface area contributed by atoms with Crippen molar-refractivity contribution in [3.8, 4) is 0 Å². The second-order valence-corrected chi connectivity index (χ2v) is 7.98. The summed E-state index contributed by atoms with van der Waals surface area (Å²) in [7, 11) is 0. The fraction of sp³-hybridized carbons (Fsp3) is 0.684. The standard InChI is InChI=1S/C19H29N5O3/c1-14(2)13-23-18(27)22(11-12-24-15(3)5-8-20-24)17(26)19(23)6-9-21(10-7-19)16(4)25/h5,8,14H,6-7,9-13H2,1-4H3. The summed E-state index contributed by atoms with van der Waals surface area (Å²) in [5.41, 5.74) is 0.185. The molecular formula is C19H29N5O3. The summed E-state index contributed by atoms with van der Waals surface area (Å²) in [5, 5.41) is 4.24. The van der Waals surface area contributed by atoms with E-state index in [-0.39, 0.29) is 23.8 Å². The number of likely N-dealkylation sites (tertiary alicyclic amines) is 1. The van der Waals surface area contributed by atoms with Gasteiger partial charge in [0, 0.05) is 38.4 Å². The molecule has 0 bridgehead atoms. The molecule has 4 amide bonds. The molecule has 3 rings (SSSR count). The minimum absolute atomic E-state index is 0.0167. The Bertz CT molecular complexity index is 733. The number of piperidine rings is 1. The number of carbonyl (C=O) groups excluding carboxylic acids is 3. The number of aryl methyl sites for hydroxylation is 1. The first kappa shape index (κ1) is 19.4. The Balaban J connectivity index is 1.81. The molecule has 8 nitrogen and oxygen atoms in total. The van der Waals surface area contributed by atoms with Crippen molar-refractivity contribution in [2.75, 3.05) is 26.2 Å². The van der Waals surface area contributed by atoms with Crippen molar-refractivity contribution < 1.29 is 14.4 Å². The third kappa shape index (κ3) is 3.44. The normalized spacial score (nSPS) is 19.7. The molecule has 3 heterocycles. The highest BCUT2D eigenvalue weighted by atomic mass is 16.2. The number of hydrogen-bond donors (Lipinski definition) is 0. The summed E-state index contributed by atoms with van der Waals surface area (Å²) in [6, 6.07) is 1.69. The monoisotopic (exact) mass is 375 g/mol. The predicted molar refractivity (Wildman–Crippen MR) is 99.8 cm³/mol. The number of nitrogens with zero attached hydrogens (tertiary/aromatic N) is 5. The van der Waals surface area contributed by atoms with Crippen LogP contribution >= 0.6 is 0 Å². The highest BCUT2D eigenvalue weighted by molar-refractivity contribution is 6.07. The van der Waals surface area contributed by atoms with Gasteiger partial charge in [-0.2, -0.15) is 5.10 Å². The molecule has 27 heavy (non-hydrogen) atoms. The first-order valence-corrected chi connectivity index (χ1v) is 9.64. The van der Waals surface area contributed by atoms with Crippen molar-refractivity contribution in [2.24, 2.45) is 5.92 Å². The average Bonchev–Trinajstić information content (AvgIpc) is 3.10. The molecule has 2 saturated heterocycles. The van der Waals surface area contributed by atoms with Crippen LogP contribution in [0.4, 0.5) is 4.79 Å². The smallest absolute Gasteiger partial charge is 0.327 e. The number of urea groups is 1. The molecule has 1 aromatic rings. The molecule has 148 valence electrons. The summed E-state index contributed by atoms with van der Waals surface area (Å²) in [4.78, 5) is 43.0. The topological polar surface area (TPSA) is 78.8 Å². The van der Waals surface area contributed by atoms with E-state index in [1.54, 1.807) is 27.6 Å². The van der Waals surface area contributed by atoms with Crippen molar-refractivity contribution in [3.05, 3.63) is 18.0 Å². The van der Waals surface area contributed by atoms with Crippen LogP contribution in [0, 0.1) is 12.8 Å². The van der Waals surface area contributed by atoms with Crippen LogP contribution in [0.15, 0.2) is 12.3 Å². The molecule has 2 aliphatic heterocycles. The van der Waals surface area contributed by atoms with Gasteiger partial charge in [-0.1, -0.05) is 13.8 Å². The fourth-order valence-corrected chi connectivity index (χ4v) is 4.10. The largest absolute Gasteiger partial charge is 0.343 e. The summed E-state index contributed by atoms with van der Waals surface area (Å²) in [5.74, 6) is 0.155. The summed E-state index contributed by atoms with van der Waals surface area (Å²) < 4.78 is 1.80. The summed E-state index contributed by atoms with van der Waals surface area (Å²) in [6.45, 7) is 9.95. The number of rotatable bonds is 5. The van der Waals surface area contributed by atoms with E-state index in [0.29, 0.717) is 45.6 Å². The lowest BCUT2D eigenvalue weighted by molar-refractivity contribution is -0.140. The Labute approximate surface area is 160 Å². The molecule has 0 atom stereocenters. The predicted octanol–water partition coefficient (Wildman–Crippen LogP) is 1.49. The van der Waals surface area contributed by atoms with E-state index >= 15 is 0 Å². The van der Waals surface area contributed by atoms with Gasteiger partial charge in [0.05, 0.1) is 13.1 Å². The summed E-state index contributed by atoms with van der Waals surface area (Å²) >= 11 is 0. The minimum Gasteiger partial charge on any atom is -0.343 e. The molecule has 0 aliphatic carbocycles. The zero-order valence-electron chi connectivity index (χ0n) is 16.6. The van der Waals surface area contributed by atoms with Crippen LogP contribution in [0.1, 0.15) is 39.3 Å². The van der Waals surface area contributed by atoms with Gasteiger partial charge >= 0.3 is 6.03 Å². The van der Waals surface area contributed by atoms with Crippen molar-refractivity contribution in [3.63, 3.8) is 0 Å². The quantitative estimate of drug-likeness (QED) is 0.731. The Hall–Kier alpha value is -2.38. The molecule has 1 spiro atoms. The van der Waals surface area contributed by atoms with Gasteiger partial charge in [0.15, 0.2) is 0 Å². The summed E-state index contributed by atoms with van der Waals surface area (Å²) in [6.07, 6.45) is 2.72. The molecule has 1 aromatic heterocycles. The number of amides is 4. The maximum atomic E-state index is 13.3. The maximum Gasteiger partial charge on any atom is 0.327 e. The van der Waals surface area contributed by atoms with Gasteiger partial charge in [-0.05, 0) is 31.7 Å². The van der Waals surface area contributed by atoms with Gasteiger partial charge in [0.1, 0.15) is 5.54 Å². The van der Waals surface area contributed by atoms with Gasteiger partial charge in [-0.15, -0.1) is 0 Å². The lowest BCUT2D eigenvalue weighted by Gasteiger charge is -2.42. The lowest BCUT2D eigenvalue weighted by atomic mass is 9.85. The maximum absolute atomic E-state index is 13.3. The fourth-order valence-electron chi connectivity index (χ4n) is 4.10. The van der Waals surface area contributed by atoms with Gasteiger partial charge in [0.25, 0.3) is 5.91 Å². The van der Waals surface area contributed by atoms with Gasteiger partial charge < -0.3 is 9.80 Å². The van der Waals surface area contributed by atoms with Gasteiger partial charge in [-0.3, -0.25) is 19.2 Å². The van der Waals surface area contributed by atoms with Gasteiger partial charge in [0.2, 0.25) is 5.91 Å². The van der Waals surface area contributed by atoms with E-state index < -0.39 is 5.54 Å². The number of hydrogen-bond acceptors (Lipinski definition) is 4.